The van der Waals surface area contributed by atoms with Gasteiger partial charge in [0.15, 0.2) is 0 Å². The Morgan fingerprint density at radius 2 is 0.500 bits per heavy atom. The Labute approximate surface area is 844 Å². The quantitative estimate of drug-likeness (QED) is 0.121. The summed E-state index contributed by atoms with van der Waals surface area (Å²) in [5.41, 5.74) is 32.5. The van der Waals surface area contributed by atoms with Crippen molar-refractivity contribution in [2.24, 2.45) is 11.8 Å². The van der Waals surface area contributed by atoms with Crippen LogP contribution >= 0.6 is 22.7 Å². The molecule has 0 N–H and O–H groups in total. The highest BCUT2D eigenvalue weighted by atomic mass is 32.1. The van der Waals surface area contributed by atoms with Gasteiger partial charge in [-0.1, -0.05) is 400 Å². The molecule has 0 spiro atoms. The van der Waals surface area contributed by atoms with Crippen molar-refractivity contribution in [2.45, 2.75) is 0 Å². The van der Waals surface area contributed by atoms with Crippen molar-refractivity contribution < 1.29 is 17.7 Å². The van der Waals surface area contributed by atoms with Crippen LogP contribution in [0.3, 0.4) is 0 Å². The summed E-state index contributed by atoms with van der Waals surface area (Å²) in [5.74, 6) is -0.0325. The van der Waals surface area contributed by atoms with Gasteiger partial charge < -0.3 is 17.7 Å². The minimum atomic E-state index is -0.0232. The van der Waals surface area contributed by atoms with E-state index >= 15 is 0 Å². The number of thiophene rings is 2. The SMILES string of the molecule is C1=CC2C(c3cccc4c3oc3cccc(-c5c6ccccc6c(-c6cccc7c6sc6ccccc67)c6ccccc56)c34)=c3ccccc3=C(c3cccc4c3sc3cccc(-c5cc(-c6ccccc6)cc6c5oc5ccc(-c7c8ccccc8c(-c8cccc9oc%10c(-c%11c%12ccccc%12c(-c%12ccc%13oc%14ccc(-c%15ccccc%15)cc%14c%13c%12)c%12ccccc%11%12)cccc%10c89)c8ccccc78)cc56)c34)C2C=C1. The molecule has 2 atom stereocenters. The second-order valence-corrected chi connectivity index (χ2v) is 41.5. The molecule has 0 saturated heterocycles. The molecule has 4 nitrogen and oxygen atoms in total. The molecule has 0 aliphatic heterocycles. The smallest absolute Gasteiger partial charge is 0.143 e. The van der Waals surface area contributed by atoms with E-state index in [2.05, 4.69) is 473 Å². The van der Waals surface area contributed by atoms with Crippen molar-refractivity contribution in [2.75, 3.05) is 0 Å². The lowest BCUT2D eigenvalue weighted by Crippen LogP contribution is -2.40. The summed E-state index contributed by atoms with van der Waals surface area (Å²) < 4.78 is 34.0. The number of benzene rings is 24. The molecular formula is C140H80O4S2. The Kier molecular flexibility index (Phi) is 17.6. The van der Waals surface area contributed by atoms with Gasteiger partial charge in [0.05, 0.1) is 0 Å². The Bertz CT molecular complexity index is 11000. The van der Waals surface area contributed by atoms with Gasteiger partial charge in [0.2, 0.25) is 0 Å². The lowest BCUT2D eigenvalue weighted by molar-refractivity contribution is 0.659. The summed E-state index contributed by atoms with van der Waals surface area (Å²) in [6, 6.07) is 166. The Balaban J connectivity index is 0.527. The summed E-state index contributed by atoms with van der Waals surface area (Å²) in [4.78, 5) is 0. The van der Waals surface area contributed by atoms with Gasteiger partial charge in [0.25, 0.3) is 0 Å². The highest BCUT2D eigenvalue weighted by Gasteiger charge is 2.37. The van der Waals surface area contributed by atoms with E-state index in [0.29, 0.717) is 0 Å². The lowest BCUT2D eigenvalue weighted by atomic mass is 9.70. The third kappa shape index (κ3) is 11.9. The summed E-state index contributed by atoms with van der Waals surface area (Å²) >= 11 is 3.79. The minimum absolute atomic E-state index is 0.00933. The maximum absolute atomic E-state index is 7.48. The molecule has 0 saturated carbocycles. The zero-order valence-corrected chi connectivity index (χ0v) is 80.3. The maximum atomic E-state index is 7.48. The van der Waals surface area contributed by atoms with Gasteiger partial charge in [-0.15, -0.1) is 22.7 Å². The first-order valence-corrected chi connectivity index (χ1v) is 51.9. The van der Waals surface area contributed by atoms with Gasteiger partial charge >= 0.3 is 0 Å². The molecule has 6 heteroatoms. The molecule has 0 amide bonds. The molecule has 0 fully saturated rings. The minimum Gasteiger partial charge on any atom is -0.456 e. The Morgan fingerprint density at radius 1 is 0.164 bits per heavy atom. The van der Waals surface area contributed by atoms with Crippen molar-refractivity contribution in [1.82, 2.24) is 0 Å². The summed E-state index contributed by atoms with van der Waals surface area (Å²) in [7, 11) is 0. The van der Waals surface area contributed by atoms with Crippen LogP contribution in [0.2, 0.25) is 0 Å². The van der Waals surface area contributed by atoms with Crippen molar-refractivity contribution in [3.05, 3.63) is 495 Å². The molecule has 24 aromatic carbocycles. The third-order valence-electron chi connectivity index (χ3n) is 31.9. The van der Waals surface area contributed by atoms with Gasteiger partial charge in [0.1, 0.15) is 44.7 Å². The molecule has 6 heterocycles. The number of furan rings is 4. The standard InChI is InChI=1S/C140H80O4S2/c1-3-32-79(33-4-1)81-68-71-118-113(74-81)114-75-82(69-72-119(114)141-118)125-88-39-9-13-43-92(88)129(93-44-14-10-40-89(93)125)106-57-26-59-108-133-104(55-29-64-121(133)143-136(106)108)127-90-41-11-7-37-86(90)126(87-38-8-12-42-91(87)127)83-70-73-120-115(76-83)117-78-84(80-34-5-2-6-35-80)77-116(138(117)142-120)102-53-31-67-124-135(102)112-63-28-62-111(140(112)146-124)132-100-51-21-17-47-96(100)130(97-48-18-22-52-101(97)132)107-58-27-60-109-134-105(56-30-65-122(134)144-137(107)109)128-94-45-15-19-49-98(94)131(99-50-20-16-46-95(99)128)110-61-25-54-103-85-36-23-24-66-123(85)145-139(103)110/h1-78,96,100H. The van der Waals surface area contributed by atoms with E-state index < -0.39 is 0 Å². The fourth-order valence-electron chi connectivity index (χ4n) is 25.8. The fraction of sp³-hybridized carbons (Fsp3) is 0.0143. The lowest BCUT2D eigenvalue weighted by Gasteiger charge is -2.33. The molecule has 146 heavy (non-hydrogen) atoms. The monoisotopic (exact) mass is 1890 g/mol. The van der Waals surface area contributed by atoms with Crippen molar-refractivity contribution >= 4 is 227 Å². The fourth-order valence-corrected chi connectivity index (χ4v) is 28.3. The topological polar surface area (TPSA) is 52.6 Å². The highest BCUT2D eigenvalue weighted by Crippen LogP contribution is 2.58. The molecule has 2 unspecified atom stereocenters. The van der Waals surface area contributed by atoms with Gasteiger partial charge in [-0.3, -0.25) is 0 Å². The zero-order chi connectivity index (χ0) is 95.2. The normalized spacial score (nSPS) is 13.9. The summed E-state index contributed by atoms with van der Waals surface area (Å²) in [6.45, 7) is 0. The third-order valence-corrected chi connectivity index (χ3v) is 34.3. The van der Waals surface area contributed by atoms with Crippen LogP contribution in [0.25, 0.3) is 304 Å². The van der Waals surface area contributed by atoms with E-state index in [1.165, 1.54) is 122 Å². The van der Waals surface area contributed by atoms with Gasteiger partial charge in [-0.2, -0.15) is 0 Å². The first kappa shape index (κ1) is 81.4. The van der Waals surface area contributed by atoms with Crippen LogP contribution in [0.4, 0.5) is 0 Å². The molecule has 6 aromatic heterocycles. The maximum Gasteiger partial charge on any atom is 0.143 e. The van der Waals surface area contributed by atoms with Crippen molar-refractivity contribution in [3.8, 4) is 100 Å². The second kappa shape index (κ2) is 31.6. The molecule has 2 aliphatic rings. The van der Waals surface area contributed by atoms with Crippen LogP contribution in [0.1, 0.15) is 11.1 Å². The van der Waals surface area contributed by atoms with Crippen LogP contribution < -0.4 is 10.4 Å². The number of rotatable bonds is 11. The summed E-state index contributed by atoms with van der Waals surface area (Å²) in [5, 5.41) is 30.3. The van der Waals surface area contributed by atoms with Crippen molar-refractivity contribution in [1.29, 1.82) is 0 Å². The molecule has 2 aliphatic carbocycles. The summed E-state index contributed by atoms with van der Waals surface area (Å²) in [6.07, 6.45) is 9.43. The van der Waals surface area contributed by atoms with Crippen LogP contribution in [0, 0.1) is 11.8 Å². The molecule has 0 bridgehead atoms. The highest BCUT2D eigenvalue weighted by molar-refractivity contribution is 7.26. The Hall–Kier alpha value is -18.3. The van der Waals surface area contributed by atoms with E-state index in [0.717, 1.165) is 203 Å². The van der Waals surface area contributed by atoms with Crippen LogP contribution in [-0.2, 0) is 0 Å². The second-order valence-electron chi connectivity index (χ2n) is 39.4. The average Bonchev–Trinajstić information content (AvgIpc) is 1.40. The van der Waals surface area contributed by atoms with E-state index in [9.17, 15) is 0 Å². The van der Waals surface area contributed by atoms with Gasteiger partial charge in [0, 0.05) is 123 Å². The van der Waals surface area contributed by atoms with Crippen LogP contribution in [-0.4, -0.2) is 0 Å². The first-order valence-electron chi connectivity index (χ1n) is 50.3. The number of allylic oxidation sites excluding steroid dienone is 4. The molecule has 30 aromatic rings. The number of hydrogen-bond acceptors (Lipinski definition) is 6. The van der Waals surface area contributed by atoms with Gasteiger partial charge in [-0.05, 0) is 242 Å². The largest absolute Gasteiger partial charge is 0.456 e. The number of fused-ring (bicyclic) bond motifs is 26. The first-order chi connectivity index (χ1) is 72.5. The number of hydrogen-bond donors (Lipinski definition) is 0. The molecule has 0 radical (unpaired) electrons. The van der Waals surface area contributed by atoms with E-state index in [-0.39, 0.29) is 11.8 Å². The van der Waals surface area contributed by atoms with Crippen LogP contribution in [0.5, 0.6) is 0 Å². The van der Waals surface area contributed by atoms with Gasteiger partial charge in [-0.25, -0.2) is 0 Å². The molecular weight excluding hydrogens is 1810 g/mol. The number of para-hydroxylation sites is 2. The average molecular weight is 1890 g/mol. The predicted octanol–water partition coefficient (Wildman–Crippen LogP) is 38.7. The Morgan fingerprint density at radius 3 is 1.04 bits per heavy atom. The molecule has 32 rings (SSSR count). The van der Waals surface area contributed by atoms with Crippen molar-refractivity contribution in [3.63, 3.8) is 0 Å². The van der Waals surface area contributed by atoms with Crippen LogP contribution in [0.15, 0.2) is 491 Å². The molecule has 676 valence electrons. The van der Waals surface area contributed by atoms with E-state index in [1.807, 2.05) is 22.7 Å². The van der Waals surface area contributed by atoms with E-state index in [4.69, 9.17) is 17.7 Å². The predicted molar refractivity (Wildman–Crippen MR) is 618 cm³/mol. The zero-order valence-electron chi connectivity index (χ0n) is 78.6. The van der Waals surface area contributed by atoms with E-state index in [1.54, 1.807) is 0 Å².